The summed E-state index contributed by atoms with van der Waals surface area (Å²) in [7, 11) is 0. The van der Waals surface area contributed by atoms with Crippen LogP contribution in [0.2, 0.25) is 0 Å². The fourth-order valence-electron chi connectivity index (χ4n) is 1.41. The van der Waals surface area contributed by atoms with Gasteiger partial charge in [0.2, 0.25) is 0 Å². The van der Waals surface area contributed by atoms with E-state index < -0.39 is 5.97 Å². The Kier molecular flexibility index (Phi) is 1.64. The van der Waals surface area contributed by atoms with Crippen molar-refractivity contribution >= 4 is 0 Å². The normalized spacial score (nSPS) is 31.2. The summed E-state index contributed by atoms with van der Waals surface area (Å²) in [6, 6.07) is 0. The number of rotatable bonds is 0. The molecule has 2 fully saturated rings. The first kappa shape index (κ1) is 6.58. The van der Waals surface area contributed by atoms with Crippen LogP contribution in [-0.4, -0.2) is 25.8 Å². The van der Waals surface area contributed by atoms with Crippen LogP contribution in [-0.2, 0) is 14.2 Å². The Balaban J connectivity index is 1.98. The fourth-order valence-corrected chi connectivity index (χ4v) is 1.41. The Morgan fingerprint density at radius 2 is 1.50 bits per heavy atom. The average molecular weight is 144 g/mol. The van der Waals surface area contributed by atoms with E-state index in [0.717, 1.165) is 25.9 Å². The highest BCUT2D eigenvalue weighted by Crippen LogP contribution is 2.30. The van der Waals surface area contributed by atoms with E-state index in [1.54, 1.807) is 0 Å². The van der Waals surface area contributed by atoms with Gasteiger partial charge in [0, 0.05) is 6.42 Å². The Labute approximate surface area is 60.3 Å². The Bertz CT molecular complexity index is 110. The van der Waals surface area contributed by atoms with Gasteiger partial charge in [-0.2, -0.15) is 0 Å². The van der Waals surface area contributed by atoms with Crippen molar-refractivity contribution in [2.24, 2.45) is 0 Å². The predicted octanol–water partition coefficient (Wildman–Crippen LogP) is 0.887. The van der Waals surface area contributed by atoms with Crippen molar-refractivity contribution in [3.63, 3.8) is 0 Å². The summed E-state index contributed by atoms with van der Waals surface area (Å²) in [6.07, 6.45) is 3.18. The summed E-state index contributed by atoms with van der Waals surface area (Å²) in [5.74, 6) is -0.627. The molecule has 0 bridgehead atoms. The molecule has 0 aliphatic carbocycles. The van der Waals surface area contributed by atoms with Gasteiger partial charge >= 0.3 is 0 Å². The van der Waals surface area contributed by atoms with Crippen molar-refractivity contribution in [1.29, 1.82) is 0 Å². The summed E-state index contributed by atoms with van der Waals surface area (Å²) in [4.78, 5) is 0. The molecule has 10 heavy (non-hydrogen) atoms. The molecule has 2 heterocycles. The second-order valence-electron chi connectivity index (χ2n) is 2.69. The summed E-state index contributed by atoms with van der Waals surface area (Å²) in [6.45, 7) is 2.14. The van der Waals surface area contributed by atoms with Crippen LogP contribution >= 0.6 is 0 Å². The molecule has 2 rings (SSSR count). The van der Waals surface area contributed by atoms with Crippen molar-refractivity contribution in [3.05, 3.63) is 0 Å². The minimum atomic E-state index is -0.627. The van der Waals surface area contributed by atoms with Crippen LogP contribution in [0.15, 0.2) is 0 Å². The molecule has 2 saturated heterocycles. The number of hydrogen-bond acceptors (Lipinski definition) is 3. The molecule has 0 radical (unpaired) electrons. The second-order valence-corrected chi connectivity index (χ2v) is 2.69. The maximum Gasteiger partial charge on any atom is 0.283 e. The van der Waals surface area contributed by atoms with Crippen LogP contribution in [0.1, 0.15) is 19.3 Å². The maximum absolute atomic E-state index is 5.38. The molecule has 2 aliphatic rings. The first-order valence-electron chi connectivity index (χ1n) is 3.83. The molecule has 0 N–H and O–H groups in total. The molecule has 0 saturated carbocycles. The maximum atomic E-state index is 5.38. The van der Waals surface area contributed by atoms with Crippen LogP contribution in [0.3, 0.4) is 0 Å². The third kappa shape index (κ3) is 1.05. The Morgan fingerprint density at radius 1 is 0.800 bits per heavy atom. The van der Waals surface area contributed by atoms with Gasteiger partial charge in [-0.3, -0.25) is 0 Å². The molecule has 0 atom stereocenters. The molecular formula is C7H12O3. The van der Waals surface area contributed by atoms with E-state index in [9.17, 15) is 0 Å². The minimum Gasteiger partial charge on any atom is -0.327 e. The highest BCUT2D eigenvalue weighted by atomic mass is 16.9. The Morgan fingerprint density at radius 3 is 2.10 bits per heavy atom. The second kappa shape index (κ2) is 2.49. The molecule has 0 unspecified atom stereocenters. The largest absolute Gasteiger partial charge is 0.327 e. The number of ether oxygens (including phenoxy) is 3. The molecule has 0 aromatic rings. The lowest BCUT2D eigenvalue weighted by atomic mass is 10.2. The van der Waals surface area contributed by atoms with E-state index in [1.165, 1.54) is 0 Å². The van der Waals surface area contributed by atoms with E-state index in [4.69, 9.17) is 14.2 Å². The average Bonchev–Trinajstić information content (AvgIpc) is 2.39. The first-order chi connectivity index (χ1) is 4.91. The third-order valence-corrected chi connectivity index (χ3v) is 1.93. The topological polar surface area (TPSA) is 27.7 Å². The van der Waals surface area contributed by atoms with Gasteiger partial charge in [0.1, 0.15) is 0 Å². The zero-order valence-electron chi connectivity index (χ0n) is 5.97. The highest BCUT2D eigenvalue weighted by molar-refractivity contribution is 4.67. The quantitative estimate of drug-likeness (QED) is 0.505. The molecule has 1 spiro atoms. The zero-order valence-corrected chi connectivity index (χ0v) is 5.97. The number of hydrogen-bond donors (Lipinski definition) is 0. The molecule has 2 aliphatic heterocycles. The minimum absolute atomic E-state index is 0.627. The molecular weight excluding hydrogens is 132 g/mol. The lowest BCUT2D eigenvalue weighted by Gasteiger charge is -2.30. The van der Waals surface area contributed by atoms with Gasteiger partial charge in [0.15, 0.2) is 0 Å². The predicted molar refractivity (Wildman–Crippen MR) is 34.4 cm³/mol. The van der Waals surface area contributed by atoms with E-state index in [0.29, 0.717) is 13.2 Å². The molecule has 58 valence electrons. The first-order valence-corrected chi connectivity index (χ1v) is 3.83. The van der Waals surface area contributed by atoms with Crippen molar-refractivity contribution in [2.45, 2.75) is 25.2 Å². The van der Waals surface area contributed by atoms with Crippen LogP contribution in [0.25, 0.3) is 0 Å². The van der Waals surface area contributed by atoms with Crippen molar-refractivity contribution in [1.82, 2.24) is 0 Å². The lowest BCUT2D eigenvalue weighted by molar-refractivity contribution is -0.345. The summed E-state index contributed by atoms with van der Waals surface area (Å²) >= 11 is 0. The SMILES string of the molecule is C1CCC2(OC1)OCCO2. The standard InChI is InChI=1S/C7H12O3/c1-2-4-8-7(3-1)9-5-6-10-7/h1-6H2. The summed E-state index contributed by atoms with van der Waals surface area (Å²) in [5, 5.41) is 0. The third-order valence-electron chi connectivity index (χ3n) is 1.93. The lowest BCUT2D eigenvalue weighted by Crippen LogP contribution is -2.36. The monoisotopic (exact) mass is 144 g/mol. The summed E-state index contributed by atoms with van der Waals surface area (Å²) < 4.78 is 16.1. The van der Waals surface area contributed by atoms with E-state index >= 15 is 0 Å². The van der Waals surface area contributed by atoms with Crippen molar-refractivity contribution < 1.29 is 14.2 Å². The molecule has 3 heteroatoms. The van der Waals surface area contributed by atoms with E-state index in [1.807, 2.05) is 0 Å². The summed E-state index contributed by atoms with van der Waals surface area (Å²) in [5.41, 5.74) is 0. The van der Waals surface area contributed by atoms with Gasteiger partial charge in [0.25, 0.3) is 5.97 Å². The Hall–Kier alpha value is -0.120. The van der Waals surface area contributed by atoms with Crippen LogP contribution in [0, 0.1) is 0 Å². The molecule has 3 nitrogen and oxygen atoms in total. The smallest absolute Gasteiger partial charge is 0.283 e. The van der Waals surface area contributed by atoms with Crippen LogP contribution in [0.4, 0.5) is 0 Å². The van der Waals surface area contributed by atoms with E-state index in [-0.39, 0.29) is 0 Å². The van der Waals surface area contributed by atoms with Gasteiger partial charge in [-0.1, -0.05) is 0 Å². The van der Waals surface area contributed by atoms with E-state index in [2.05, 4.69) is 0 Å². The molecule has 0 amide bonds. The van der Waals surface area contributed by atoms with Gasteiger partial charge in [-0.15, -0.1) is 0 Å². The molecule has 0 aromatic heterocycles. The van der Waals surface area contributed by atoms with Crippen LogP contribution < -0.4 is 0 Å². The van der Waals surface area contributed by atoms with Crippen molar-refractivity contribution in [3.8, 4) is 0 Å². The zero-order chi connectivity index (χ0) is 6.86. The molecule has 0 aromatic carbocycles. The van der Waals surface area contributed by atoms with Crippen molar-refractivity contribution in [2.75, 3.05) is 19.8 Å². The highest BCUT2D eigenvalue weighted by Gasteiger charge is 2.39. The fraction of sp³-hybridized carbons (Fsp3) is 1.00. The van der Waals surface area contributed by atoms with Gasteiger partial charge < -0.3 is 14.2 Å². The van der Waals surface area contributed by atoms with Gasteiger partial charge in [0.05, 0.1) is 19.8 Å². The van der Waals surface area contributed by atoms with Crippen LogP contribution in [0.5, 0.6) is 0 Å². The van der Waals surface area contributed by atoms with Gasteiger partial charge in [-0.25, -0.2) is 0 Å². The van der Waals surface area contributed by atoms with Gasteiger partial charge in [-0.05, 0) is 12.8 Å².